The predicted molar refractivity (Wildman–Crippen MR) is 79.7 cm³/mol. The smallest absolute Gasteiger partial charge is 0.243 e. The van der Waals surface area contributed by atoms with E-state index in [9.17, 15) is 8.42 Å². The number of piperazine rings is 1. The molecule has 1 aliphatic rings. The van der Waals surface area contributed by atoms with E-state index in [4.69, 9.17) is 11.6 Å². The molecule has 0 amide bonds. The van der Waals surface area contributed by atoms with E-state index in [1.165, 1.54) is 10.4 Å². The monoisotopic (exact) mass is 324 g/mol. The van der Waals surface area contributed by atoms with Gasteiger partial charge in [0.05, 0.1) is 4.90 Å². The highest BCUT2D eigenvalue weighted by atomic mass is 35.5. The van der Waals surface area contributed by atoms with Crippen molar-refractivity contribution in [2.45, 2.75) is 24.8 Å². The lowest BCUT2D eigenvalue weighted by Crippen LogP contribution is -2.51. The maximum Gasteiger partial charge on any atom is 0.243 e. The highest BCUT2D eigenvalue weighted by molar-refractivity contribution is 7.89. The second-order valence-corrected chi connectivity index (χ2v) is 6.97. The van der Waals surface area contributed by atoms with Gasteiger partial charge in [-0.15, -0.1) is 12.4 Å². The van der Waals surface area contributed by atoms with Gasteiger partial charge in [-0.2, -0.15) is 4.31 Å². The SMILES string of the molecule is Cc1ccc(S(=O)(=O)N2CCNC(C)C2)cc1Cl.Cl. The lowest BCUT2D eigenvalue weighted by Gasteiger charge is -2.31. The van der Waals surface area contributed by atoms with Gasteiger partial charge in [0.25, 0.3) is 0 Å². The quantitative estimate of drug-likeness (QED) is 0.905. The molecule has 1 N–H and O–H groups in total. The van der Waals surface area contributed by atoms with Gasteiger partial charge in [0.15, 0.2) is 0 Å². The Morgan fingerprint density at radius 1 is 1.42 bits per heavy atom. The summed E-state index contributed by atoms with van der Waals surface area (Å²) in [6.45, 7) is 5.50. The zero-order valence-corrected chi connectivity index (χ0v) is 13.3. The summed E-state index contributed by atoms with van der Waals surface area (Å²) in [7, 11) is -3.43. The Balaban J connectivity index is 0.00000180. The van der Waals surface area contributed by atoms with Crippen molar-refractivity contribution in [2.75, 3.05) is 19.6 Å². The molecule has 0 spiro atoms. The third-order valence-corrected chi connectivity index (χ3v) is 5.38. The predicted octanol–water partition coefficient (Wildman–Crippen LogP) is 2.05. The van der Waals surface area contributed by atoms with Crippen LogP contribution in [-0.2, 0) is 10.0 Å². The zero-order chi connectivity index (χ0) is 13.3. The number of sulfonamides is 1. The fourth-order valence-electron chi connectivity index (χ4n) is 2.00. The highest BCUT2D eigenvalue weighted by Crippen LogP contribution is 2.23. The number of hydrogen-bond donors (Lipinski definition) is 1. The summed E-state index contributed by atoms with van der Waals surface area (Å²) in [6, 6.07) is 5.05. The Hall–Kier alpha value is -0.330. The minimum absolute atomic E-state index is 0. The third kappa shape index (κ3) is 3.61. The summed E-state index contributed by atoms with van der Waals surface area (Å²) in [5, 5.41) is 3.71. The summed E-state index contributed by atoms with van der Waals surface area (Å²) < 4.78 is 26.4. The molecule has 19 heavy (non-hydrogen) atoms. The number of aryl methyl sites for hydroxylation is 1. The molecule has 1 aliphatic heterocycles. The molecular weight excluding hydrogens is 307 g/mol. The van der Waals surface area contributed by atoms with Gasteiger partial charge in [0.1, 0.15) is 0 Å². The van der Waals surface area contributed by atoms with E-state index in [1.54, 1.807) is 12.1 Å². The van der Waals surface area contributed by atoms with Crippen molar-refractivity contribution in [2.24, 2.45) is 0 Å². The third-order valence-electron chi connectivity index (χ3n) is 3.11. The number of nitrogens with zero attached hydrogens (tertiary/aromatic N) is 1. The van der Waals surface area contributed by atoms with Crippen LogP contribution >= 0.6 is 24.0 Å². The molecule has 1 saturated heterocycles. The summed E-state index contributed by atoms with van der Waals surface area (Å²) in [6.07, 6.45) is 0. The molecule has 0 bridgehead atoms. The van der Waals surface area contributed by atoms with Gasteiger partial charge < -0.3 is 5.32 Å². The molecule has 108 valence electrons. The first-order valence-electron chi connectivity index (χ1n) is 5.91. The van der Waals surface area contributed by atoms with Crippen LogP contribution in [0.5, 0.6) is 0 Å². The van der Waals surface area contributed by atoms with Gasteiger partial charge in [-0.3, -0.25) is 0 Å². The fraction of sp³-hybridized carbons (Fsp3) is 0.500. The summed E-state index contributed by atoms with van der Waals surface area (Å²) in [5.41, 5.74) is 0.879. The van der Waals surface area contributed by atoms with Crippen LogP contribution in [0.1, 0.15) is 12.5 Å². The molecule has 2 rings (SSSR count). The zero-order valence-electron chi connectivity index (χ0n) is 10.9. The number of nitrogens with one attached hydrogen (secondary N) is 1. The highest BCUT2D eigenvalue weighted by Gasteiger charge is 2.28. The van der Waals surface area contributed by atoms with Gasteiger partial charge in [0, 0.05) is 30.7 Å². The molecule has 4 nitrogen and oxygen atoms in total. The van der Waals surface area contributed by atoms with Crippen molar-refractivity contribution in [3.8, 4) is 0 Å². The molecule has 1 aromatic carbocycles. The molecule has 1 fully saturated rings. The molecule has 0 radical (unpaired) electrons. The minimum atomic E-state index is -3.43. The molecular formula is C12H18Cl2N2O2S. The first-order valence-corrected chi connectivity index (χ1v) is 7.73. The van der Waals surface area contributed by atoms with E-state index in [2.05, 4.69) is 5.32 Å². The Morgan fingerprint density at radius 3 is 2.68 bits per heavy atom. The summed E-state index contributed by atoms with van der Waals surface area (Å²) in [4.78, 5) is 0.271. The lowest BCUT2D eigenvalue weighted by atomic mass is 10.2. The van der Waals surface area contributed by atoms with Crippen molar-refractivity contribution in [1.82, 2.24) is 9.62 Å². The van der Waals surface area contributed by atoms with Gasteiger partial charge in [-0.25, -0.2) is 8.42 Å². The average Bonchev–Trinajstić information content (AvgIpc) is 2.32. The van der Waals surface area contributed by atoms with Crippen LogP contribution in [0.25, 0.3) is 0 Å². The van der Waals surface area contributed by atoms with Gasteiger partial charge in [-0.1, -0.05) is 17.7 Å². The summed E-state index contributed by atoms with van der Waals surface area (Å²) >= 11 is 5.99. The van der Waals surface area contributed by atoms with Crippen molar-refractivity contribution < 1.29 is 8.42 Å². The molecule has 1 aromatic rings. The van der Waals surface area contributed by atoms with E-state index in [0.29, 0.717) is 24.7 Å². The van der Waals surface area contributed by atoms with Crippen molar-refractivity contribution in [3.05, 3.63) is 28.8 Å². The van der Waals surface area contributed by atoms with Crippen LogP contribution in [0.3, 0.4) is 0 Å². The molecule has 1 heterocycles. The van der Waals surface area contributed by atoms with Crippen LogP contribution in [0.4, 0.5) is 0 Å². The number of hydrogen-bond acceptors (Lipinski definition) is 3. The molecule has 0 aromatic heterocycles. The van der Waals surface area contributed by atoms with Crippen LogP contribution < -0.4 is 5.32 Å². The normalized spacial score (nSPS) is 20.9. The Morgan fingerprint density at radius 2 is 2.11 bits per heavy atom. The fourth-order valence-corrected chi connectivity index (χ4v) is 3.80. The molecule has 7 heteroatoms. The van der Waals surface area contributed by atoms with Gasteiger partial charge in [0.2, 0.25) is 10.0 Å². The van der Waals surface area contributed by atoms with Crippen LogP contribution in [-0.4, -0.2) is 38.4 Å². The van der Waals surface area contributed by atoms with Crippen LogP contribution in [0, 0.1) is 6.92 Å². The maximum absolute atomic E-state index is 12.4. The van der Waals surface area contributed by atoms with E-state index in [1.807, 2.05) is 13.8 Å². The second-order valence-electron chi connectivity index (χ2n) is 4.63. The average molecular weight is 325 g/mol. The first kappa shape index (κ1) is 16.7. The van der Waals surface area contributed by atoms with E-state index >= 15 is 0 Å². The van der Waals surface area contributed by atoms with Crippen molar-refractivity contribution in [1.29, 1.82) is 0 Å². The van der Waals surface area contributed by atoms with E-state index < -0.39 is 10.0 Å². The lowest BCUT2D eigenvalue weighted by molar-refractivity contribution is 0.310. The molecule has 1 unspecified atom stereocenters. The standard InChI is InChI=1S/C12H17ClN2O2S.ClH/c1-9-3-4-11(7-12(9)13)18(16,17)15-6-5-14-10(2)8-15;/h3-4,7,10,14H,5-6,8H2,1-2H3;1H. The number of benzene rings is 1. The largest absolute Gasteiger partial charge is 0.312 e. The molecule has 0 saturated carbocycles. The van der Waals surface area contributed by atoms with Crippen molar-refractivity contribution >= 4 is 34.0 Å². The van der Waals surface area contributed by atoms with Crippen LogP contribution in [0.15, 0.2) is 23.1 Å². The number of rotatable bonds is 2. The second kappa shape index (κ2) is 6.41. The van der Waals surface area contributed by atoms with E-state index in [-0.39, 0.29) is 23.3 Å². The van der Waals surface area contributed by atoms with E-state index in [0.717, 1.165) is 5.56 Å². The van der Waals surface area contributed by atoms with Crippen LogP contribution in [0.2, 0.25) is 5.02 Å². The Bertz CT molecular complexity index is 549. The first-order chi connectivity index (χ1) is 8.41. The maximum atomic E-state index is 12.4. The topological polar surface area (TPSA) is 49.4 Å². The van der Waals surface area contributed by atoms with Gasteiger partial charge >= 0.3 is 0 Å². The van der Waals surface area contributed by atoms with Crippen molar-refractivity contribution in [3.63, 3.8) is 0 Å². The molecule has 1 atom stereocenters. The summed E-state index contributed by atoms with van der Waals surface area (Å²) in [5.74, 6) is 0. The molecule has 0 aliphatic carbocycles. The Labute approximate surface area is 125 Å². The number of halogens is 2. The minimum Gasteiger partial charge on any atom is -0.312 e. The van der Waals surface area contributed by atoms with Gasteiger partial charge in [-0.05, 0) is 31.5 Å². The Kier molecular flexibility index (Phi) is 5.65.